The van der Waals surface area contributed by atoms with Gasteiger partial charge in [-0.3, -0.25) is 4.99 Å². The Morgan fingerprint density at radius 2 is 1.96 bits per heavy atom. The quantitative estimate of drug-likeness (QED) is 0.656. The van der Waals surface area contributed by atoms with E-state index in [9.17, 15) is 4.79 Å². The molecule has 0 amide bonds. The molecule has 1 N–H and O–H groups in total. The topological polar surface area (TPSA) is 59.9 Å². The van der Waals surface area contributed by atoms with Crippen molar-refractivity contribution in [2.24, 2.45) is 4.99 Å². The Balaban J connectivity index is 1.39. The highest BCUT2D eigenvalue weighted by atomic mass is 16.5. The minimum atomic E-state index is -0.318. The van der Waals surface area contributed by atoms with Crippen LogP contribution in [0.2, 0.25) is 0 Å². The summed E-state index contributed by atoms with van der Waals surface area (Å²) in [7, 11) is 1.59. The fourth-order valence-electron chi connectivity index (χ4n) is 2.54. The molecule has 124 valence electrons. The molecule has 0 saturated carbocycles. The lowest BCUT2D eigenvalue weighted by Crippen LogP contribution is -2.25. The number of nitrogens with one attached hydrogen (secondary N) is 1. The van der Waals surface area contributed by atoms with Crippen LogP contribution in [0.25, 0.3) is 0 Å². The minimum absolute atomic E-state index is 0.318. The second-order valence-electron chi connectivity index (χ2n) is 5.47. The van der Waals surface area contributed by atoms with Crippen LogP contribution >= 0.6 is 0 Å². The maximum atomic E-state index is 11.9. The third kappa shape index (κ3) is 3.74. The summed E-state index contributed by atoms with van der Waals surface area (Å²) in [6, 6.07) is 15.1. The van der Waals surface area contributed by atoms with E-state index in [0.717, 1.165) is 24.4 Å². The molecule has 5 nitrogen and oxygen atoms in total. The molecule has 0 aliphatic carbocycles. The summed E-state index contributed by atoms with van der Waals surface area (Å²) < 4.78 is 10.3. The van der Waals surface area contributed by atoms with Gasteiger partial charge in [0.2, 0.25) is 0 Å². The number of fused-ring (bicyclic) bond motifs is 1. The highest BCUT2D eigenvalue weighted by Crippen LogP contribution is 2.16. The normalized spacial score (nSPS) is 12.3. The molecule has 0 radical (unpaired) electrons. The fraction of sp³-hybridized carbons (Fsp3) is 0.263. The second kappa shape index (κ2) is 7.64. The highest BCUT2D eigenvalue weighted by molar-refractivity contribution is 6.01. The number of benzene rings is 2. The van der Waals surface area contributed by atoms with E-state index in [2.05, 4.69) is 22.4 Å². The van der Waals surface area contributed by atoms with E-state index in [1.807, 2.05) is 12.1 Å². The van der Waals surface area contributed by atoms with Gasteiger partial charge in [-0.05, 0) is 36.2 Å². The molecule has 1 aliphatic heterocycles. The number of nitrogens with zero attached hydrogens (tertiary/aromatic N) is 1. The van der Waals surface area contributed by atoms with Crippen LogP contribution in [-0.2, 0) is 11.3 Å². The zero-order chi connectivity index (χ0) is 16.8. The smallest absolute Gasteiger partial charge is 0.338 e. The van der Waals surface area contributed by atoms with E-state index < -0.39 is 0 Å². The molecule has 1 aliphatic rings. The summed E-state index contributed by atoms with van der Waals surface area (Å²) in [5, 5.41) is 3.31. The Labute approximate surface area is 141 Å². The molecule has 5 heteroatoms. The lowest BCUT2D eigenvalue weighted by atomic mass is 10.1. The number of ether oxygens (including phenoxy) is 2. The Hall–Kier alpha value is -2.82. The van der Waals surface area contributed by atoms with Crippen LogP contribution in [-0.4, -0.2) is 32.1 Å². The number of hydrogen-bond donors (Lipinski definition) is 1. The number of hydrogen-bond acceptors (Lipinski definition) is 5. The van der Waals surface area contributed by atoms with Gasteiger partial charge >= 0.3 is 5.97 Å². The first kappa shape index (κ1) is 16.1. The number of methoxy groups -OCH3 is 1. The molecule has 3 rings (SSSR count). The number of esters is 1. The maximum Gasteiger partial charge on any atom is 0.338 e. The maximum absolute atomic E-state index is 11.9. The Morgan fingerprint density at radius 1 is 1.17 bits per heavy atom. The van der Waals surface area contributed by atoms with Crippen molar-refractivity contribution in [3.8, 4) is 5.75 Å². The molecular formula is C19H20N2O3. The lowest BCUT2D eigenvalue weighted by molar-refractivity contribution is 0.0502. The van der Waals surface area contributed by atoms with Gasteiger partial charge in [0.25, 0.3) is 0 Å². The molecule has 0 unspecified atom stereocenters. The van der Waals surface area contributed by atoms with E-state index in [4.69, 9.17) is 9.47 Å². The number of carbonyl (C=O) groups is 1. The van der Waals surface area contributed by atoms with Crippen molar-refractivity contribution in [2.75, 3.05) is 20.3 Å². The van der Waals surface area contributed by atoms with Crippen LogP contribution in [0.3, 0.4) is 0 Å². The van der Waals surface area contributed by atoms with Gasteiger partial charge in [-0.25, -0.2) is 4.79 Å². The zero-order valence-corrected chi connectivity index (χ0v) is 13.6. The van der Waals surface area contributed by atoms with E-state index >= 15 is 0 Å². The van der Waals surface area contributed by atoms with Crippen molar-refractivity contribution in [1.82, 2.24) is 5.32 Å². The van der Waals surface area contributed by atoms with Crippen LogP contribution in [0, 0.1) is 0 Å². The van der Waals surface area contributed by atoms with Crippen LogP contribution in [0.15, 0.2) is 53.5 Å². The van der Waals surface area contributed by atoms with Crippen LogP contribution in [0.1, 0.15) is 27.9 Å². The van der Waals surface area contributed by atoms with Crippen LogP contribution < -0.4 is 10.1 Å². The Kier molecular flexibility index (Phi) is 5.11. The van der Waals surface area contributed by atoms with Crippen molar-refractivity contribution in [1.29, 1.82) is 0 Å². The molecule has 2 aromatic carbocycles. The molecular weight excluding hydrogens is 304 g/mol. The van der Waals surface area contributed by atoms with Crippen molar-refractivity contribution < 1.29 is 14.3 Å². The molecule has 0 bridgehead atoms. The van der Waals surface area contributed by atoms with Crippen molar-refractivity contribution >= 4 is 11.8 Å². The van der Waals surface area contributed by atoms with E-state index in [1.165, 1.54) is 5.56 Å². The summed E-state index contributed by atoms with van der Waals surface area (Å²) >= 11 is 0. The molecule has 0 spiro atoms. The van der Waals surface area contributed by atoms with Crippen molar-refractivity contribution in [3.63, 3.8) is 0 Å². The fourth-order valence-corrected chi connectivity index (χ4v) is 2.54. The largest absolute Gasteiger partial charge is 0.497 e. The number of carbonyl (C=O) groups excluding carboxylic acids is 1. The summed E-state index contributed by atoms with van der Waals surface area (Å²) in [5.74, 6) is 1.32. The Morgan fingerprint density at radius 3 is 2.75 bits per heavy atom. The predicted octanol–water partition coefficient (Wildman–Crippen LogP) is 2.79. The third-order valence-corrected chi connectivity index (χ3v) is 3.85. The Bertz CT molecular complexity index is 739. The molecule has 0 aromatic heterocycles. The van der Waals surface area contributed by atoms with Gasteiger partial charge in [0.05, 0.1) is 25.8 Å². The third-order valence-electron chi connectivity index (χ3n) is 3.85. The molecule has 0 fully saturated rings. The van der Waals surface area contributed by atoms with Crippen LogP contribution in [0.5, 0.6) is 5.75 Å². The number of rotatable bonds is 6. The van der Waals surface area contributed by atoms with Gasteiger partial charge in [0.1, 0.15) is 11.6 Å². The number of amidine groups is 1. The van der Waals surface area contributed by atoms with Gasteiger partial charge in [-0.15, -0.1) is 0 Å². The van der Waals surface area contributed by atoms with E-state index in [1.54, 1.807) is 31.4 Å². The van der Waals surface area contributed by atoms with Gasteiger partial charge in [-0.1, -0.05) is 24.3 Å². The average molecular weight is 324 g/mol. The SMILES string of the molecule is COc1ccc(C(=O)OCCCNC2=NCc3ccccc32)cc1. The first-order valence-electron chi connectivity index (χ1n) is 7.95. The number of aliphatic imine (C=N–C) groups is 1. The average Bonchev–Trinajstić information content (AvgIpc) is 3.04. The minimum Gasteiger partial charge on any atom is -0.497 e. The van der Waals surface area contributed by atoms with Gasteiger partial charge in [0, 0.05) is 12.1 Å². The van der Waals surface area contributed by atoms with E-state index in [0.29, 0.717) is 24.5 Å². The molecule has 0 saturated heterocycles. The highest BCUT2D eigenvalue weighted by Gasteiger charge is 2.14. The molecule has 0 atom stereocenters. The standard InChI is InChI=1S/C19H20N2O3/c1-23-16-9-7-14(8-10-16)19(22)24-12-4-11-20-18-17-6-3-2-5-15(17)13-21-18/h2-3,5-10H,4,11-13H2,1H3,(H,20,21). The second-order valence-corrected chi connectivity index (χ2v) is 5.47. The molecule has 1 heterocycles. The van der Waals surface area contributed by atoms with E-state index in [-0.39, 0.29) is 5.97 Å². The monoisotopic (exact) mass is 324 g/mol. The van der Waals surface area contributed by atoms with Gasteiger partial charge in [-0.2, -0.15) is 0 Å². The zero-order valence-electron chi connectivity index (χ0n) is 13.6. The van der Waals surface area contributed by atoms with Crippen molar-refractivity contribution in [3.05, 3.63) is 65.2 Å². The summed E-state index contributed by atoms with van der Waals surface area (Å²) in [5.41, 5.74) is 2.93. The first-order chi connectivity index (χ1) is 11.8. The van der Waals surface area contributed by atoms with Gasteiger partial charge < -0.3 is 14.8 Å². The van der Waals surface area contributed by atoms with Gasteiger partial charge in [0.15, 0.2) is 0 Å². The summed E-state index contributed by atoms with van der Waals surface area (Å²) in [4.78, 5) is 16.4. The summed E-state index contributed by atoms with van der Waals surface area (Å²) in [6.07, 6.45) is 0.725. The molecule has 24 heavy (non-hydrogen) atoms. The predicted molar refractivity (Wildman–Crippen MR) is 92.6 cm³/mol. The van der Waals surface area contributed by atoms with Crippen molar-refractivity contribution in [2.45, 2.75) is 13.0 Å². The summed E-state index contributed by atoms with van der Waals surface area (Å²) in [6.45, 7) is 1.81. The molecule has 2 aromatic rings. The van der Waals surface area contributed by atoms with Crippen LogP contribution in [0.4, 0.5) is 0 Å². The first-order valence-corrected chi connectivity index (χ1v) is 7.95. The lowest BCUT2D eigenvalue weighted by Gasteiger charge is -2.08.